The highest BCUT2D eigenvalue weighted by atomic mass is 16.5. The van der Waals surface area contributed by atoms with E-state index < -0.39 is 0 Å². The fraction of sp³-hybridized carbons (Fsp3) is 0.833. The number of aryl methyl sites for hydroxylation is 1. The Morgan fingerprint density at radius 2 is 2.47 bits per heavy atom. The van der Waals surface area contributed by atoms with Gasteiger partial charge in [0.05, 0.1) is 0 Å². The fourth-order valence-corrected chi connectivity index (χ4v) is 2.25. The number of aromatic nitrogens is 2. The number of nitrogens with one attached hydrogen (secondary N) is 2. The van der Waals surface area contributed by atoms with Crippen molar-refractivity contribution >= 4 is 0 Å². The van der Waals surface area contributed by atoms with Crippen molar-refractivity contribution in [1.29, 1.82) is 0 Å². The fourth-order valence-electron chi connectivity index (χ4n) is 2.25. The molecule has 0 saturated carbocycles. The molecule has 5 heteroatoms. The Hall–Kier alpha value is -0.940. The summed E-state index contributed by atoms with van der Waals surface area (Å²) in [4.78, 5) is 4.44. The molecule has 0 aromatic carbocycles. The number of hydrogen-bond acceptors (Lipinski definition) is 5. The Morgan fingerprint density at radius 1 is 1.53 bits per heavy atom. The first-order valence-corrected chi connectivity index (χ1v) is 6.55. The second-order valence-electron chi connectivity index (χ2n) is 4.73. The first kappa shape index (κ1) is 12.5. The largest absolute Gasteiger partial charge is 0.339 e. The van der Waals surface area contributed by atoms with E-state index in [2.05, 4.69) is 20.8 Å². The van der Waals surface area contributed by atoms with Crippen LogP contribution in [0.15, 0.2) is 4.52 Å². The lowest BCUT2D eigenvalue weighted by Crippen LogP contribution is -2.31. The van der Waals surface area contributed by atoms with Crippen molar-refractivity contribution < 1.29 is 4.52 Å². The predicted octanol–water partition coefficient (Wildman–Crippen LogP) is 0.764. The zero-order valence-corrected chi connectivity index (χ0v) is 10.5. The predicted molar refractivity (Wildman–Crippen MR) is 65.8 cm³/mol. The number of piperidine rings is 1. The molecule has 1 aliphatic rings. The van der Waals surface area contributed by atoms with Gasteiger partial charge in [-0.2, -0.15) is 4.98 Å². The van der Waals surface area contributed by atoms with E-state index in [1.807, 2.05) is 7.05 Å². The quantitative estimate of drug-likeness (QED) is 0.717. The summed E-state index contributed by atoms with van der Waals surface area (Å²) in [6, 6.07) is 0. The smallest absolute Gasteiger partial charge is 0.226 e. The van der Waals surface area contributed by atoms with Crippen LogP contribution in [-0.4, -0.2) is 36.8 Å². The van der Waals surface area contributed by atoms with Crippen molar-refractivity contribution in [2.75, 3.05) is 26.7 Å². The second kappa shape index (κ2) is 6.71. The van der Waals surface area contributed by atoms with E-state index in [1.54, 1.807) is 0 Å². The highest BCUT2D eigenvalue weighted by Gasteiger charge is 2.16. The maximum Gasteiger partial charge on any atom is 0.226 e. The van der Waals surface area contributed by atoms with E-state index >= 15 is 0 Å². The zero-order chi connectivity index (χ0) is 11.9. The summed E-state index contributed by atoms with van der Waals surface area (Å²) in [6.07, 6.45) is 5.40. The molecule has 1 aliphatic heterocycles. The van der Waals surface area contributed by atoms with E-state index in [0.29, 0.717) is 5.92 Å². The summed E-state index contributed by atoms with van der Waals surface area (Å²) in [6.45, 7) is 3.23. The molecule has 1 unspecified atom stereocenters. The molecule has 1 aromatic rings. The van der Waals surface area contributed by atoms with Gasteiger partial charge in [0.25, 0.3) is 0 Å². The topological polar surface area (TPSA) is 63.0 Å². The van der Waals surface area contributed by atoms with Gasteiger partial charge in [0.15, 0.2) is 5.82 Å². The molecule has 96 valence electrons. The number of rotatable bonds is 6. The van der Waals surface area contributed by atoms with Crippen molar-refractivity contribution in [1.82, 2.24) is 20.8 Å². The molecule has 1 aromatic heterocycles. The molecular formula is C12H22N4O. The highest BCUT2D eigenvalue weighted by molar-refractivity contribution is 4.90. The zero-order valence-electron chi connectivity index (χ0n) is 10.5. The van der Waals surface area contributed by atoms with Crippen LogP contribution in [0.25, 0.3) is 0 Å². The number of nitrogens with zero attached hydrogens (tertiary/aromatic N) is 2. The van der Waals surface area contributed by atoms with Crippen LogP contribution in [0.3, 0.4) is 0 Å². The third kappa shape index (κ3) is 4.09. The van der Waals surface area contributed by atoms with Crippen molar-refractivity contribution in [3.63, 3.8) is 0 Å². The average Bonchev–Trinajstić information content (AvgIpc) is 2.79. The third-order valence-electron chi connectivity index (χ3n) is 3.20. The van der Waals surface area contributed by atoms with Crippen LogP contribution in [0.2, 0.25) is 0 Å². The molecule has 0 aliphatic carbocycles. The molecule has 0 bridgehead atoms. The Bertz CT molecular complexity index is 320. The Labute approximate surface area is 102 Å². The lowest BCUT2D eigenvalue weighted by Gasteiger charge is -2.20. The van der Waals surface area contributed by atoms with E-state index in [1.165, 1.54) is 12.8 Å². The molecule has 17 heavy (non-hydrogen) atoms. The van der Waals surface area contributed by atoms with Crippen molar-refractivity contribution in [2.45, 2.75) is 32.1 Å². The molecular weight excluding hydrogens is 216 g/mol. The van der Waals surface area contributed by atoms with Gasteiger partial charge >= 0.3 is 0 Å². The van der Waals surface area contributed by atoms with Gasteiger partial charge in [0, 0.05) is 12.8 Å². The lowest BCUT2D eigenvalue weighted by molar-refractivity contribution is 0.348. The molecule has 1 saturated heterocycles. The summed E-state index contributed by atoms with van der Waals surface area (Å²) in [5.41, 5.74) is 0. The van der Waals surface area contributed by atoms with Gasteiger partial charge in [0.2, 0.25) is 5.89 Å². The van der Waals surface area contributed by atoms with Crippen LogP contribution in [0.1, 0.15) is 31.0 Å². The summed E-state index contributed by atoms with van der Waals surface area (Å²) in [7, 11) is 1.95. The van der Waals surface area contributed by atoms with Gasteiger partial charge in [-0.15, -0.1) is 0 Å². The van der Waals surface area contributed by atoms with Crippen LogP contribution in [-0.2, 0) is 12.8 Å². The standard InChI is InChI=1S/C12H22N4O/c1-13-6-3-5-12-15-11(16-17-12)8-10-4-2-7-14-9-10/h10,13-14H,2-9H2,1H3. The monoisotopic (exact) mass is 238 g/mol. The van der Waals surface area contributed by atoms with Gasteiger partial charge in [-0.05, 0) is 51.9 Å². The summed E-state index contributed by atoms with van der Waals surface area (Å²) in [5, 5.41) is 10.6. The Balaban J connectivity index is 1.76. The minimum Gasteiger partial charge on any atom is -0.339 e. The number of hydrogen-bond donors (Lipinski definition) is 2. The maximum atomic E-state index is 5.24. The van der Waals surface area contributed by atoms with E-state index in [-0.39, 0.29) is 0 Å². The SMILES string of the molecule is CNCCCc1nc(CC2CCCNC2)no1. The normalized spacial score (nSPS) is 20.6. The average molecular weight is 238 g/mol. The van der Waals surface area contributed by atoms with Crippen LogP contribution in [0.4, 0.5) is 0 Å². The molecule has 0 spiro atoms. The summed E-state index contributed by atoms with van der Waals surface area (Å²) < 4.78 is 5.24. The third-order valence-corrected chi connectivity index (χ3v) is 3.20. The maximum absolute atomic E-state index is 5.24. The first-order chi connectivity index (χ1) is 8.38. The molecule has 1 fully saturated rings. The molecule has 0 amide bonds. The van der Waals surface area contributed by atoms with Crippen LogP contribution in [0, 0.1) is 5.92 Å². The van der Waals surface area contributed by atoms with E-state index in [4.69, 9.17) is 4.52 Å². The van der Waals surface area contributed by atoms with Crippen molar-refractivity contribution in [3.05, 3.63) is 11.7 Å². The molecule has 2 heterocycles. The summed E-state index contributed by atoms with van der Waals surface area (Å²) in [5.74, 6) is 2.32. The minimum atomic E-state index is 0.673. The van der Waals surface area contributed by atoms with E-state index in [0.717, 1.165) is 50.6 Å². The Kier molecular flexibility index (Phi) is 4.94. The molecule has 5 nitrogen and oxygen atoms in total. The van der Waals surface area contributed by atoms with Crippen LogP contribution >= 0.6 is 0 Å². The minimum absolute atomic E-state index is 0.673. The molecule has 1 atom stereocenters. The highest BCUT2D eigenvalue weighted by Crippen LogP contribution is 2.14. The molecule has 2 N–H and O–H groups in total. The van der Waals surface area contributed by atoms with Crippen LogP contribution < -0.4 is 10.6 Å². The van der Waals surface area contributed by atoms with Gasteiger partial charge in [0.1, 0.15) is 0 Å². The second-order valence-corrected chi connectivity index (χ2v) is 4.73. The Morgan fingerprint density at radius 3 is 3.24 bits per heavy atom. The van der Waals surface area contributed by atoms with Gasteiger partial charge in [-0.3, -0.25) is 0 Å². The van der Waals surface area contributed by atoms with E-state index in [9.17, 15) is 0 Å². The lowest BCUT2D eigenvalue weighted by atomic mass is 9.96. The van der Waals surface area contributed by atoms with Gasteiger partial charge in [-0.25, -0.2) is 0 Å². The molecule has 2 rings (SSSR count). The van der Waals surface area contributed by atoms with Crippen molar-refractivity contribution in [3.8, 4) is 0 Å². The van der Waals surface area contributed by atoms with Gasteiger partial charge in [-0.1, -0.05) is 5.16 Å². The van der Waals surface area contributed by atoms with Crippen molar-refractivity contribution in [2.24, 2.45) is 5.92 Å². The molecule has 0 radical (unpaired) electrons. The summed E-state index contributed by atoms with van der Waals surface area (Å²) >= 11 is 0. The van der Waals surface area contributed by atoms with Gasteiger partial charge < -0.3 is 15.2 Å². The van der Waals surface area contributed by atoms with Crippen LogP contribution in [0.5, 0.6) is 0 Å². The first-order valence-electron chi connectivity index (χ1n) is 6.55.